The molecule has 0 bridgehead atoms. The highest BCUT2D eigenvalue weighted by atomic mass is 32.1. The SMILES string of the molecule is Cc1nc(C2CN(c3ncc(C(F)(F)F)s3)CCO2)n[nH]1. The minimum Gasteiger partial charge on any atom is -0.366 e. The van der Waals surface area contributed by atoms with Crippen molar-refractivity contribution in [1.29, 1.82) is 0 Å². The summed E-state index contributed by atoms with van der Waals surface area (Å²) in [5, 5.41) is 7.09. The second kappa shape index (κ2) is 5.26. The number of nitrogens with zero attached hydrogens (tertiary/aromatic N) is 4. The number of hydrogen-bond donors (Lipinski definition) is 1. The maximum Gasteiger partial charge on any atom is 0.427 e. The van der Waals surface area contributed by atoms with Gasteiger partial charge in [0, 0.05) is 6.54 Å². The molecule has 0 radical (unpaired) electrons. The van der Waals surface area contributed by atoms with Crippen LogP contribution in [-0.2, 0) is 10.9 Å². The molecular weight excluding hydrogens is 307 g/mol. The number of anilines is 1. The van der Waals surface area contributed by atoms with E-state index in [-0.39, 0.29) is 6.10 Å². The summed E-state index contributed by atoms with van der Waals surface area (Å²) >= 11 is 0.634. The Morgan fingerprint density at radius 2 is 2.29 bits per heavy atom. The van der Waals surface area contributed by atoms with Gasteiger partial charge < -0.3 is 9.64 Å². The van der Waals surface area contributed by atoms with E-state index in [2.05, 4.69) is 20.2 Å². The van der Waals surface area contributed by atoms with E-state index in [0.29, 0.717) is 47.8 Å². The number of aryl methyl sites for hydroxylation is 1. The predicted octanol–water partition coefficient (Wildman–Crippen LogP) is 2.17. The van der Waals surface area contributed by atoms with E-state index in [1.165, 1.54) is 0 Å². The van der Waals surface area contributed by atoms with E-state index in [1.54, 1.807) is 11.8 Å². The fraction of sp³-hybridized carbons (Fsp3) is 0.545. The lowest BCUT2D eigenvalue weighted by Gasteiger charge is -2.31. The quantitative estimate of drug-likeness (QED) is 0.919. The fourth-order valence-corrected chi connectivity index (χ4v) is 2.84. The van der Waals surface area contributed by atoms with Gasteiger partial charge in [0.25, 0.3) is 0 Å². The molecule has 0 saturated carbocycles. The number of hydrogen-bond acceptors (Lipinski definition) is 6. The lowest BCUT2D eigenvalue weighted by molar-refractivity contribution is -0.134. The topological polar surface area (TPSA) is 66.9 Å². The summed E-state index contributed by atoms with van der Waals surface area (Å²) in [7, 11) is 0. The molecule has 0 amide bonds. The Hall–Kier alpha value is -1.68. The third kappa shape index (κ3) is 3.00. The van der Waals surface area contributed by atoms with Crippen LogP contribution in [0.15, 0.2) is 6.20 Å². The Bertz CT molecular complexity index is 625. The van der Waals surface area contributed by atoms with Gasteiger partial charge in [-0.1, -0.05) is 11.3 Å². The van der Waals surface area contributed by atoms with E-state index >= 15 is 0 Å². The first-order valence-corrected chi connectivity index (χ1v) is 7.03. The van der Waals surface area contributed by atoms with Gasteiger partial charge >= 0.3 is 6.18 Å². The maximum atomic E-state index is 12.6. The molecule has 2 aromatic heterocycles. The average Bonchev–Trinajstić information content (AvgIpc) is 3.07. The molecule has 1 aliphatic rings. The number of nitrogens with one attached hydrogen (secondary N) is 1. The third-order valence-electron chi connectivity index (χ3n) is 3.01. The van der Waals surface area contributed by atoms with Gasteiger partial charge in [-0.3, -0.25) is 5.10 Å². The number of aromatic amines is 1. The fourth-order valence-electron chi connectivity index (χ4n) is 2.03. The van der Waals surface area contributed by atoms with Crippen LogP contribution in [0.3, 0.4) is 0 Å². The number of halogens is 3. The van der Waals surface area contributed by atoms with Crippen molar-refractivity contribution in [2.24, 2.45) is 0 Å². The molecule has 1 atom stereocenters. The molecule has 3 rings (SSSR count). The van der Waals surface area contributed by atoms with Gasteiger partial charge in [-0.25, -0.2) is 9.97 Å². The molecule has 10 heteroatoms. The van der Waals surface area contributed by atoms with Crippen LogP contribution in [-0.4, -0.2) is 39.9 Å². The number of ether oxygens (including phenoxy) is 1. The van der Waals surface area contributed by atoms with E-state index in [0.717, 1.165) is 6.20 Å². The van der Waals surface area contributed by atoms with Crippen LogP contribution in [0.4, 0.5) is 18.3 Å². The van der Waals surface area contributed by atoms with Crippen molar-refractivity contribution in [3.05, 3.63) is 22.7 Å². The molecule has 0 aliphatic carbocycles. The summed E-state index contributed by atoms with van der Waals surface area (Å²) in [6, 6.07) is 0. The zero-order valence-corrected chi connectivity index (χ0v) is 11.8. The van der Waals surface area contributed by atoms with Gasteiger partial charge in [-0.15, -0.1) is 0 Å². The second-order valence-electron chi connectivity index (χ2n) is 4.59. The van der Waals surface area contributed by atoms with Crippen LogP contribution in [0.2, 0.25) is 0 Å². The highest BCUT2D eigenvalue weighted by molar-refractivity contribution is 7.15. The zero-order chi connectivity index (χ0) is 15.0. The van der Waals surface area contributed by atoms with Crippen molar-refractivity contribution in [2.45, 2.75) is 19.2 Å². The first-order chi connectivity index (χ1) is 9.93. The number of thiazole rings is 1. The Labute approximate surface area is 122 Å². The summed E-state index contributed by atoms with van der Waals surface area (Å²) in [5.41, 5.74) is 0. The molecule has 1 unspecified atom stereocenters. The van der Waals surface area contributed by atoms with E-state index in [1.807, 2.05) is 0 Å². The number of aromatic nitrogens is 4. The third-order valence-corrected chi connectivity index (χ3v) is 4.12. The van der Waals surface area contributed by atoms with Gasteiger partial charge in [-0.2, -0.15) is 18.3 Å². The average molecular weight is 319 g/mol. The van der Waals surface area contributed by atoms with Crippen molar-refractivity contribution in [2.75, 3.05) is 24.6 Å². The van der Waals surface area contributed by atoms with Crippen LogP contribution < -0.4 is 4.90 Å². The molecule has 114 valence electrons. The van der Waals surface area contributed by atoms with Crippen LogP contribution in [0, 0.1) is 6.92 Å². The number of alkyl halides is 3. The molecule has 21 heavy (non-hydrogen) atoms. The van der Waals surface area contributed by atoms with Crippen molar-refractivity contribution in [3.63, 3.8) is 0 Å². The zero-order valence-electron chi connectivity index (χ0n) is 11.0. The molecule has 1 fully saturated rings. The first-order valence-electron chi connectivity index (χ1n) is 6.22. The molecule has 6 nitrogen and oxygen atoms in total. The molecule has 0 spiro atoms. The summed E-state index contributed by atoms with van der Waals surface area (Å²) in [5.74, 6) is 1.17. The van der Waals surface area contributed by atoms with Crippen molar-refractivity contribution in [1.82, 2.24) is 20.2 Å². The lowest BCUT2D eigenvalue weighted by atomic mass is 10.2. The first kappa shape index (κ1) is 14.3. The minimum atomic E-state index is -4.36. The molecule has 0 aromatic carbocycles. The molecule has 3 heterocycles. The van der Waals surface area contributed by atoms with Gasteiger partial charge in [-0.05, 0) is 6.92 Å². The molecule has 1 N–H and O–H groups in total. The van der Waals surface area contributed by atoms with E-state index in [4.69, 9.17) is 4.74 Å². The summed E-state index contributed by atoms with van der Waals surface area (Å²) in [4.78, 5) is 9.12. The highest BCUT2D eigenvalue weighted by Crippen LogP contribution is 2.37. The number of H-pyrrole nitrogens is 1. The van der Waals surface area contributed by atoms with Crippen LogP contribution in [0.1, 0.15) is 22.6 Å². The van der Waals surface area contributed by atoms with E-state index < -0.39 is 11.1 Å². The molecule has 2 aromatic rings. The molecule has 1 aliphatic heterocycles. The lowest BCUT2D eigenvalue weighted by Crippen LogP contribution is -2.38. The Morgan fingerprint density at radius 3 is 2.90 bits per heavy atom. The smallest absolute Gasteiger partial charge is 0.366 e. The molecular formula is C11H12F3N5OS. The van der Waals surface area contributed by atoms with E-state index in [9.17, 15) is 13.2 Å². The Kier molecular flexibility index (Phi) is 3.57. The van der Waals surface area contributed by atoms with Crippen LogP contribution >= 0.6 is 11.3 Å². The van der Waals surface area contributed by atoms with Gasteiger partial charge in [0.05, 0.1) is 19.3 Å². The van der Waals surface area contributed by atoms with Crippen LogP contribution in [0.25, 0.3) is 0 Å². The largest absolute Gasteiger partial charge is 0.427 e. The summed E-state index contributed by atoms with van der Waals surface area (Å²) in [6.07, 6.45) is -3.87. The van der Waals surface area contributed by atoms with Crippen molar-refractivity contribution >= 4 is 16.5 Å². The van der Waals surface area contributed by atoms with Crippen LogP contribution in [0.5, 0.6) is 0 Å². The maximum absolute atomic E-state index is 12.6. The second-order valence-corrected chi connectivity index (χ2v) is 5.60. The summed E-state index contributed by atoms with van der Waals surface area (Å²) < 4.78 is 43.4. The minimum absolute atomic E-state index is 0.336. The highest BCUT2D eigenvalue weighted by Gasteiger charge is 2.35. The normalized spacial score (nSPS) is 20.0. The molecule has 1 saturated heterocycles. The Morgan fingerprint density at radius 1 is 1.48 bits per heavy atom. The van der Waals surface area contributed by atoms with Gasteiger partial charge in [0.15, 0.2) is 11.0 Å². The van der Waals surface area contributed by atoms with Gasteiger partial charge in [0.2, 0.25) is 0 Å². The number of rotatable bonds is 2. The van der Waals surface area contributed by atoms with Gasteiger partial charge in [0.1, 0.15) is 16.8 Å². The number of morpholine rings is 1. The van der Waals surface area contributed by atoms with Crippen molar-refractivity contribution in [3.8, 4) is 0 Å². The summed E-state index contributed by atoms with van der Waals surface area (Å²) in [6.45, 7) is 3.03. The predicted molar refractivity (Wildman–Crippen MR) is 69.1 cm³/mol. The Balaban J connectivity index is 1.75. The monoisotopic (exact) mass is 319 g/mol. The van der Waals surface area contributed by atoms with Crippen molar-refractivity contribution < 1.29 is 17.9 Å². The standard InChI is InChI=1S/C11H12F3N5OS/c1-6-16-9(18-17-6)7-5-19(2-3-20-7)10-15-4-8(21-10)11(12,13)14/h4,7H,2-3,5H2,1H3,(H,16,17,18).